The summed E-state index contributed by atoms with van der Waals surface area (Å²) in [6.45, 7) is 10.6. The Morgan fingerprint density at radius 2 is 1.60 bits per heavy atom. The van der Waals surface area contributed by atoms with Crippen LogP contribution in [0.25, 0.3) is 0 Å². The van der Waals surface area contributed by atoms with Crippen LogP contribution in [0.4, 0.5) is 0 Å². The molecule has 0 fully saturated rings. The lowest BCUT2D eigenvalue weighted by molar-refractivity contribution is 0.0803. The van der Waals surface area contributed by atoms with E-state index < -0.39 is 0 Å². The van der Waals surface area contributed by atoms with E-state index in [-0.39, 0.29) is 11.5 Å². The smallest absolute Gasteiger partial charge is 0.0568 e. The summed E-state index contributed by atoms with van der Waals surface area (Å²) in [4.78, 5) is 0. The average Bonchev–Trinajstić information content (AvgIpc) is 1.60. The van der Waals surface area contributed by atoms with Gasteiger partial charge in [0, 0.05) is 0 Å². The van der Waals surface area contributed by atoms with Crippen LogP contribution in [-0.2, 0) is 0 Å². The summed E-state index contributed by atoms with van der Waals surface area (Å²) in [5.74, 6) is 0.388. The van der Waals surface area contributed by atoms with Crippen LogP contribution in [0.3, 0.4) is 0 Å². The molecule has 1 N–H and O–H groups in total. The van der Waals surface area contributed by atoms with Crippen molar-refractivity contribution in [2.45, 2.75) is 47.1 Å². The van der Waals surface area contributed by atoms with Gasteiger partial charge in [0.15, 0.2) is 0 Å². The topological polar surface area (TPSA) is 20.2 Å². The van der Waals surface area contributed by atoms with E-state index >= 15 is 0 Å². The molecule has 1 nitrogen and oxygen atoms in total. The fraction of sp³-hybridized carbons (Fsp3) is 1.00. The summed E-state index contributed by atoms with van der Waals surface area (Å²) in [6.07, 6.45) is 0.755. The highest BCUT2D eigenvalue weighted by molar-refractivity contribution is 4.69. The number of hydrogen-bond acceptors (Lipinski definition) is 1. The van der Waals surface area contributed by atoms with E-state index in [1.807, 2.05) is 0 Å². The third kappa shape index (κ3) is 4.80. The van der Waals surface area contributed by atoms with Crippen molar-refractivity contribution in [3.8, 4) is 0 Å². The standard InChI is InChI=1S/C9H20O/c1-7(2)8(10)6-9(3,4)5/h7-8,10H,6H2,1-5H3/t8-/m1/s1. The molecule has 0 unspecified atom stereocenters. The number of aliphatic hydroxyl groups excluding tert-OH is 1. The molecule has 0 aliphatic rings. The fourth-order valence-corrected chi connectivity index (χ4v) is 0.863. The molecule has 0 rings (SSSR count). The van der Waals surface area contributed by atoms with E-state index in [9.17, 15) is 5.11 Å². The van der Waals surface area contributed by atoms with Gasteiger partial charge in [-0.05, 0) is 17.8 Å². The van der Waals surface area contributed by atoms with Crippen LogP contribution in [-0.4, -0.2) is 11.2 Å². The Bertz CT molecular complexity index is 89.4. The van der Waals surface area contributed by atoms with E-state index in [0.717, 1.165) is 6.42 Å². The molecule has 0 bridgehead atoms. The molecule has 0 radical (unpaired) electrons. The first-order chi connectivity index (χ1) is 4.33. The summed E-state index contributed by atoms with van der Waals surface area (Å²) in [6, 6.07) is 0. The molecule has 62 valence electrons. The fourth-order valence-electron chi connectivity index (χ4n) is 0.863. The molecule has 0 saturated carbocycles. The second-order valence-electron chi connectivity index (χ2n) is 4.58. The van der Waals surface area contributed by atoms with Gasteiger partial charge in [0.2, 0.25) is 0 Å². The van der Waals surface area contributed by atoms with Gasteiger partial charge in [0.05, 0.1) is 6.10 Å². The maximum Gasteiger partial charge on any atom is 0.0568 e. The molecule has 1 heteroatoms. The summed E-state index contributed by atoms with van der Waals surface area (Å²) in [7, 11) is 0. The lowest BCUT2D eigenvalue weighted by Crippen LogP contribution is -2.22. The Labute approximate surface area is 64.5 Å². The summed E-state index contributed by atoms with van der Waals surface area (Å²) in [5.41, 5.74) is 0.254. The first kappa shape index (κ1) is 9.96. The van der Waals surface area contributed by atoms with E-state index in [4.69, 9.17) is 0 Å². The maximum absolute atomic E-state index is 9.46. The zero-order valence-corrected chi connectivity index (χ0v) is 7.81. The van der Waals surface area contributed by atoms with Crippen molar-refractivity contribution in [3.63, 3.8) is 0 Å². The molecule has 0 heterocycles. The molecule has 0 amide bonds. The molecule has 0 aliphatic carbocycles. The number of hydrogen-bond donors (Lipinski definition) is 1. The van der Waals surface area contributed by atoms with Crippen molar-refractivity contribution >= 4 is 0 Å². The second-order valence-corrected chi connectivity index (χ2v) is 4.58. The summed E-state index contributed by atoms with van der Waals surface area (Å²) in [5, 5.41) is 9.46. The van der Waals surface area contributed by atoms with Crippen LogP contribution < -0.4 is 0 Å². The maximum atomic E-state index is 9.46. The second kappa shape index (κ2) is 3.38. The van der Waals surface area contributed by atoms with Gasteiger partial charge in [-0.1, -0.05) is 34.6 Å². The van der Waals surface area contributed by atoms with Crippen LogP contribution >= 0.6 is 0 Å². The van der Waals surface area contributed by atoms with Crippen LogP contribution in [0.1, 0.15) is 41.0 Å². The van der Waals surface area contributed by atoms with E-state index in [2.05, 4.69) is 34.6 Å². The van der Waals surface area contributed by atoms with Gasteiger partial charge >= 0.3 is 0 Å². The molecular weight excluding hydrogens is 124 g/mol. The largest absolute Gasteiger partial charge is 0.393 e. The Morgan fingerprint density at radius 3 is 1.70 bits per heavy atom. The minimum atomic E-state index is -0.139. The first-order valence-electron chi connectivity index (χ1n) is 4.01. The molecule has 10 heavy (non-hydrogen) atoms. The predicted molar refractivity (Wildman–Crippen MR) is 44.9 cm³/mol. The highest BCUT2D eigenvalue weighted by atomic mass is 16.3. The van der Waals surface area contributed by atoms with Gasteiger partial charge in [-0.2, -0.15) is 0 Å². The summed E-state index contributed by atoms with van der Waals surface area (Å²) >= 11 is 0. The van der Waals surface area contributed by atoms with E-state index in [1.54, 1.807) is 0 Å². The number of aliphatic hydroxyl groups is 1. The van der Waals surface area contributed by atoms with E-state index in [0.29, 0.717) is 5.92 Å². The van der Waals surface area contributed by atoms with Crippen molar-refractivity contribution in [2.75, 3.05) is 0 Å². The quantitative estimate of drug-likeness (QED) is 0.631. The molecule has 0 aliphatic heterocycles. The summed E-state index contributed by atoms with van der Waals surface area (Å²) < 4.78 is 0. The minimum absolute atomic E-state index is 0.139. The molecule has 0 aromatic heterocycles. The molecule has 0 aromatic carbocycles. The molecule has 0 spiro atoms. The lowest BCUT2D eigenvalue weighted by atomic mass is 9.86. The van der Waals surface area contributed by atoms with Gasteiger partial charge in [-0.25, -0.2) is 0 Å². The van der Waals surface area contributed by atoms with Crippen LogP contribution in [0, 0.1) is 11.3 Å². The lowest BCUT2D eigenvalue weighted by Gasteiger charge is -2.24. The van der Waals surface area contributed by atoms with Crippen molar-refractivity contribution in [2.24, 2.45) is 11.3 Å². The predicted octanol–water partition coefficient (Wildman–Crippen LogP) is 2.44. The first-order valence-corrected chi connectivity index (χ1v) is 4.01. The Kier molecular flexibility index (Phi) is 3.37. The zero-order valence-electron chi connectivity index (χ0n) is 7.81. The van der Waals surface area contributed by atoms with Crippen LogP contribution in [0.2, 0.25) is 0 Å². The monoisotopic (exact) mass is 144 g/mol. The van der Waals surface area contributed by atoms with E-state index in [1.165, 1.54) is 0 Å². The van der Waals surface area contributed by atoms with Crippen LogP contribution in [0.5, 0.6) is 0 Å². The van der Waals surface area contributed by atoms with Crippen molar-refractivity contribution in [1.29, 1.82) is 0 Å². The van der Waals surface area contributed by atoms with Crippen molar-refractivity contribution < 1.29 is 5.11 Å². The highest BCUT2D eigenvalue weighted by Crippen LogP contribution is 2.23. The van der Waals surface area contributed by atoms with Gasteiger partial charge in [0.1, 0.15) is 0 Å². The third-order valence-electron chi connectivity index (χ3n) is 1.59. The average molecular weight is 144 g/mol. The van der Waals surface area contributed by atoms with Gasteiger partial charge in [-0.15, -0.1) is 0 Å². The van der Waals surface area contributed by atoms with Crippen molar-refractivity contribution in [3.05, 3.63) is 0 Å². The Balaban J connectivity index is 3.68. The van der Waals surface area contributed by atoms with Crippen molar-refractivity contribution in [1.82, 2.24) is 0 Å². The Morgan fingerprint density at radius 1 is 1.20 bits per heavy atom. The SMILES string of the molecule is CC(C)[C@H](O)CC(C)(C)C. The Hall–Kier alpha value is -0.0400. The van der Waals surface area contributed by atoms with Gasteiger partial charge < -0.3 is 5.11 Å². The number of rotatable bonds is 2. The minimum Gasteiger partial charge on any atom is -0.393 e. The normalized spacial score (nSPS) is 15.9. The highest BCUT2D eigenvalue weighted by Gasteiger charge is 2.18. The van der Waals surface area contributed by atoms with Gasteiger partial charge in [-0.3, -0.25) is 0 Å². The molecular formula is C9H20O. The van der Waals surface area contributed by atoms with Gasteiger partial charge in [0.25, 0.3) is 0 Å². The molecule has 0 saturated heterocycles. The zero-order chi connectivity index (χ0) is 8.36. The third-order valence-corrected chi connectivity index (χ3v) is 1.59. The van der Waals surface area contributed by atoms with Crippen LogP contribution in [0.15, 0.2) is 0 Å². The molecule has 0 aromatic rings. The molecule has 1 atom stereocenters.